The van der Waals surface area contributed by atoms with E-state index in [2.05, 4.69) is 4.90 Å². The number of hydrogen-bond acceptors (Lipinski definition) is 7. The highest BCUT2D eigenvalue weighted by atomic mass is 16.5. The number of phenols is 2. The molecule has 2 aromatic rings. The highest BCUT2D eigenvalue weighted by Crippen LogP contribution is 2.37. The molecule has 1 saturated heterocycles. The molecule has 1 aliphatic heterocycles. The number of ketones is 2. The summed E-state index contributed by atoms with van der Waals surface area (Å²) < 4.78 is 5.27. The first-order valence-corrected chi connectivity index (χ1v) is 9.65. The van der Waals surface area contributed by atoms with Crippen LogP contribution in [0.5, 0.6) is 11.5 Å². The molecule has 0 atom stereocenters. The molecular formula is C22H21NO6. The van der Waals surface area contributed by atoms with Gasteiger partial charge in [0.25, 0.3) is 0 Å². The van der Waals surface area contributed by atoms with E-state index in [4.69, 9.17) is 4.74 Å². The van der Waals surface area contributed by atoms with Crippen LogP contribution in [-0.4, -0.2) is 58.9 Å². The van der Waals surface area contributed by atoms with Crippen molar-refractivity contribution in [2.24, 2.45) is 0 Å². The molecule has 150 valence electrons. The van der Waals surface area contributed by atoms with Crippen molar-refractivity contribution in [2.45, 2.75) is 19.3 Å². The topological polar surface area (TPSA) is 104 Å². The Morgan fingerprint density at radius 3 is 2.45 bits per heavy atom. The van der Waals surface area contributed by atoms with Crippen molar-refractivity contribution in [1.29, 1.82) is 0 Å². The molecule has 0 bridgehead atoms. The molecule has 0 unspecified atom stereocenters. The van der Waals surface area contributed by atoms with Gasteiger partial charge in [0.2, 0.25) is 5.78 Å². The number of carbonyl (C=O) groups excluding carboxylic acids is 3. The molecule has 0 radical (unpaired) electrons. The molecule has 29 heavy (non-hydrogen) atoms. The lowest BCUT2D eigenvalue weighted by Crippen LogP contribution is -2.23. The number of likely N-dealkylation sites (tertiary alicyclic amines) is 1. The summed E-state index contributed by atoms with van der Waals surface area (Å²) in [7, 11) is 0. The van der Waals surface area contributed by atoms with Gasteiger partial charge in [0.1, 0.15) is 11.5 Å². The summed E-state index contributed by atoms with van der Waals surface area (Å²) >= 11 is 0. The minimum atomic E-state index is -0.661. The molecule has 2 aromatic carbocycles. The number of ether oxygens (including phenoxy) is 1. The zero-order chi connectivity index (χ0) is 20.5. The van der Waals surface area contributed by atoms with E-state index in [-0.39, 0.29) is 40.2 Å². The molecule has 7 nitrogen and oxygen atoms in total. The number of fused-ring (bicyclic) bond motifs is 2. The summed E-state index contributed by atoms with van der Waals surface area (Å²) in [6, 6.07) is 6.59. The average molecular weight is 395 g/mol. The number of aromatic hydroxyl groups is 2. The van der Waals surface area contributed by atoms with Crippen LogP contribution in [0.1, 0.15) is 61.5 Å². The summed E-state index contributed by atoms with van der Waals surface area (Å²) in [6.45, 7) is 3.23. The Kier molecular flexibility index (Phi) is 5.07. The van der Waals surface area contributed by atoms with Gasteiger partial charge in [-0.3, -0.25) is 9.59 Å². The molecule has 1 aliphatic carbocycles. The largest absolute Gasteiger partial charge is 0.507 e. The molecule has 7 heteroatoms. The number of phenolic OH excluding ortho intramolecular Hbond substituents is 2. The SMILES string of the molecule is O=C(OCCCN1CCCC1)c1cc(O)c2c(c1)C(=O)c1cccc(O)c1C2=O. The Balaban J connectivity index is 1.53. The normalized spacial score (nSPS) is 15.9. The molecule has 0 saturated carbocycles. The third-order valence-electron chi connectivity index (χ3n) is 5.39. The van der Waals surface area contributed by atoms with Crippen LogP contribution in [0.25, 0.3) is 0 Å². The summed E-state index contributed by atoms with van der Waals surface area (Å²) in [5, 5.41) is 20.3. The van der Waals surface area contributed by atoms with Crippen molar-refractivity contribution in [1.82, 2.24) is 4.90 Å². The van der Waals surface area contributed by atoms with E-state index in [1.165, 1.54) is 37.1 Å². The standard InChI is InChI=1S/C22H21NO6/c24-16-6-3-5-14-18(16)21(27)19-15(20(14)26)11-13(12-17(19)25)22(28)29-10-4-9-23-7-1-2-8-23/h3,5-6,11-12,24-25H,1-2,4,7-10H2. The Bertz CT molecular complexity index is 1010. The quantitative estimate of drug-likeness (QED) is 0.505. The monoisotopic (exact) mass is 395 g/mol. The van der Waals surface area contributed by atoms with E-state index >= 15 is 0 Å². The number of nitrogens with zero attached hydrogens (tertiary/aromatic N) is 1. The van der Waals surface area contributed by atoms with Crippen LogP contribution >= 0.6 is 0 Å². The zero-order valence-corrected chi connectivity index (χ0v) is 15.8. The van der Waals surface area contributed by atoms with Gasteiger partial charge in [-0.2, -0.15) is 0 Å². The van der Waals surface area contributed by atoms with Crippen molar-refractivity contribution in [3.8, 4) is 11.5 Å². The third kappa shape index (κ3) is 3.49. The first-order valence-electron chi connectivity index (χ1n) is 9.65. The Morgan fingerprint density at radius 2 is 1.69 bits per heavy atom. The lowest BCUT2D eigenvalue weighted by Gasteiger charge is -2.20. The van der Waals surface area contributed by atoms with Gasteiger partial charge in [0.15, 0.2) is 5.78 Å². The van der Waals surface area contributed by atoms with Gasteiger partial charge in [-0.1, -0.05) is 12.1 Å². The van der Waals surface area contributed by atoms with Crippen molar-refractivity contribution in [3.05, 3.63) is 58.1 Å². The maximum atomic E-state index is 12.8. The molecule has 2 N–H and O–H groups in total. The lowest BCUT2D eigenvalue weighted by molar-refractivity contribution is 0.0490. The maximum absolute atomic E-state index is 12.8. The molecule has 1 fully saturated rings. The first-order chi connectivity index (χ1) is 14.0. The van der Waals surface area contributed by atoms with E-state index in [1.54, 1.807) is 0 Å². The van der Waals surface area contributed by atoms with Crippen molar-refractivity contribution >= 4 is 17.5 Å². The van der Waals surface area contributed by atoms with Crippen LogP contribution < -0.4 is 0 Å². The van der Waals surface area contributed by atoms with Crippen LogP contribution in [-0.2, 0) is 4.74 Å². The molecule has 0 spiro atoms. The molecule has 1 heterocycles. The molecular weight excluding hydrogens is 374 g/mol. The van der Waals surface area contributed by atoms with Crippen LogP contribution in [0.2, 0.25) is 0 Å². The number of benzene rings is 2. The molecule has 4 rings (SSSR count). The molecule has 2 aliphatic rings. The van der Waals surface area contributed by atoms with Crippen LogP contribution in [0.4, 0.5) is 0 Å². The van der Waals surface area contributed by atoms with E-state index in [0.29, 0.717) is 6.42 Å². The third-order valence-corrected chi connectivity index (χ3v) is 5.39. The maximum Gasteiger partial charge on any atom is 0.338 e. The van der Waals surface area contributed by atoms with Gasteiger partial charge < -0.3 is 19.8 Å². The second kappa shape index (κ2) is 7.67. The van der Waals surface area contributed by atoms with Gasteiger partial charge in [-0.25, -0.2) is 4.79 Å². The van der Waals surface area contributed by atoms with Crippen LogP contribution in [0.15, 0.2) is 30.3 Å². The Hall–Kier alpha value is -3.19. The minimum absolute atomic E-state index is 0.00664. The lowest BCUT2D eigenvalue weighted by atomic mass is 9.82. The predicted octanol–water partition coefficient (Wildman–Crippen LogP) is 2.52. The van der Waals surface area contributed by atoms with Gasteiger partial charge in [0.05, 0.1) is 23.3 Å². The highest BCUT2D eigenvalue weighted by Gasteiger charge is 2.35. The summed E-state index contributed by atoms with van der Waals surface area (Å²) in [4.78, 5) is 40.2. The van der Waals surface area contributed by atoms with Crippen LogP contribution in [0.3, 0.4) is 0 Å². The van der Waals surface area contributed by atoms with Gasteiger partial charge in [-0.15, -0.1) is 0 Å². The average Bonchev–Trinajstić information content (AvgIpc) is 3.22. The van der Waals surface area contributed by atoms with Crippen molar-refractivity contribution in [3.63, 3.8) is 0 Å². The highest BCUT2D eigenvalue weighted by molar-refractivity contribution is 6.30. The number of esters is 1. The minimum Gasteiger partial charge on any atom is -0.507 e. The Morgan fingerprint density at radius 1 is 0.966 bits per heavy atom. The number of hydrogen-bond donors (Lipinski definition) is 2. The van der Waals surface area contributed by atoms with E-state index in [1.807, 2.05) is 0 Å². The summed E-state index contributed by atoms with van der Waals surface area (Å²) in [5.41, 5.74) is -0.380. The second-order valence-corrected chi connectivity index (χ2v) is 7.31. The van der Waals surface area contributed by atoms with Crippen LogP contribution in [0, 0.1) is 0 Å². The fourth-order valence-corrected chi connectivity index (χ4v) is 3.94. The molecule has 0 amide bonds. The summed E-state index contributed by atoms with van der Waals surface area (Å²) in [5.74, 6) is -2.67. The van der Waals surface area contributed by atoms with Gasteiger partial charge >= 0.3 is 5.97 Å². The fraction of sp³-hybridized carbons (Fsp3) is 0.318. The molecule has 0 aromatic heterocycles. The zero-order valence-electron chi connectivity index (χ0n) is 15.8. The smallest absolute Gasteiger partial charge is 0.338 e. The van der Waals surface area contributed by atoms with E-state index < -0.39 is 23.3 Å². The number of carbonyl (C=O) groups is 3. The van der Waals surface area contributed by atoms with Crippen molar-refractivity contribution < 1.29 is 29.3 Å². The summed E-state index contributed by atoms with van der Waals surface area (Å²) in [6.07, 6.45) is 3.09. The van der Waals surface area contributed by atoms with Gasteiger partial charge in [-0.05, 0) is 50.6 Å². The van der Waals surface area contributed by atoms with Gasteiger partial charge in [0, 0.05) is 17.7 Å². The number of rotatable bonds is 5. The first kappa shape index (κ1) is 19.1. The van der Waals surface area contributed by atoms with E-state index in [9.17, 15) is 24.6 Å². The second-order valence-electron chi connectivity index (χ2n) is 7.31. The fourth-order valence-electron chi connectivity index (χ4n) is 3.94. The van der Waals surface area contributed by atoms with E-state index in [0.717, 1.165) is 25.7 Å². The van der Waals surface area contributed by atoms with Crippen molar-refractivity contribution in [2.75, 3.05) is 26.2 Å². The predicted molar refractivity (Wildman–Crippen MR) is 104 cm³/mol. The Labute approximate surface area is 167 Å².